The van der Waals surface area contributed by atoms with Crippen molar-refractivity contribution >= 4 is 17.3 Å². The summed E-state index contributed by atoms with van der Waals surface area (Å²) in [6, 6.07) is 19.1. The van der Waals surface area contributed by atoms with E-state index in [0.29, 0.717) is 22.9 Å². The second kappa shape index (κ2) is 7.78. The van der Waals surface area contributed by atoms with Gasteiger partial charge >= 0.3 is 0 Å². The zero-order valence-corrected chi connectivity index (χ0v) is 14.6. The second-order valence-corrected chi connectivity index (χ2v) is 6.11. The number of aromatic nitrogens is 1. The van der Waals surface area contributed by atoms with E-state index in [4.69, 9.17) is 9.47 Å². The molecule has 6 heteroatoms. The van der Waals surface area contributed by atoms with Gasteiger partial charge in [-0.1, -0.05) is 30.3 Å². The van der Waals surface area contributed by atoms with Gasteiger partial charge in [0.2, 0.25) is 6.79 Å². The third-order valence-corrected chi connectivity index (χ3v) is 4.21. The number of hydrogen-bond donors (Lipinski definition) is 2. The van der Waals surface area contributed by atoms with Crippen LogP contribution in [0.5, 0.6) is 11.5 Å². The van der Waals surface area contributed by atoms with Crippen LogP contribution < -0.4 is 20.1 Å². The van der Waals surface area contributed by atoms with Crippen LogP contribution in [0.25, 0.3) is 0 Å². The van der Waals surface area contributed by atoms with Crippen LogP contribution in [0.2, 0.25) is 0 Å². The molecule has 0 fully saturated rings. The Morgan fingerprint density at radius 1 is 0.963 bits per heavy atom. The first-order valence-corrected chi connectivity index (χ1v) is 8.73. The molecule has 0 aliphatic carbocycles. The van der Waals surface area contributed by atoms with Gasteiger partial charge in [0.1, 0.15) is 5.69 Å². The summed E-state index contributed by atoms with van der Waals surface area (Å²) in [7, 11) is 0. The Balaban J connectivity index is 1.37. The first-order chi connectivity index (χ1) is 13.3. The van der Waals surface area contributed by atoms with Gasteiger partial charge in [0.05, 0.1) is 0 Å². The smallest absolute Gasteiger partial charge is 0.274 e. The molecule has 1 aliphatic heterocycles. The minimum atomic E-state index is -0.277. The maximum Gasteiger partial charge on any atom is 0.274 e. The Kier molecular flexibility index (Phi) is 4.87. The summed E-state index contributed by atoms with van der Waals surface area (Å²) < 4.78 is 10.6. The first-order valence-electron chi connectivity index (χ1n) is 8.73. The van der Waals surface area contributed by atoms with Crippen LogP contribution in [0.1, 0.15) is 16.1 Å². The monoisotopic (exact) mass is 361 g/mol. The Bertz CT molecular complexity index is 944. The molecule has 4 rings (SSSR count). The van der Waals surface area contributed by atoms with Gasteiger partial charge in [-0.3, -0.25) is 9.78 Å². The predicted octanol–water partition coefficient (Wildman–Crippen LogP) is 3.72. The Morgan fingerprint density at radius 3 is 2.70 bits per heavy atom. The van der Waals surface area contributed by atoms with Gasteiger partial charge in [0, 0.05) is 30.2 Å². The summed E-state index contributed by atoms with van der Waals surface area (Å²) >= 11 is 0. The molecule has 0 spiro atoms. The number of amides is 1. The molecule has 0 bridgehead atoms. The van der Waals surface area contributed by atoms with Crippen molar-refractivity contribution in [3.8, 4) is 11.5 Å². The van der Waals surface area contributed by atoms with Crippen LogP contribution in [-0.4, -0.2) is 24.2 Å². The fraction of sp³-hybridized carbons (Fsp3) is 0.143. The molecule has 2 aromatic carbocycles. The van der Waals surface area contributed by atoms with Crippen molar-refractivity contribution in [1.82, 2.24) is 4.98 Å². The van der Waals surface area contributed by atoms with Crippen LogP contribution in [0.15, 0.2) is 66.9 Å². The summed E-state index contributed by atoms with van der Waals surface area (Å²) in [5, 5.41) is 6.16. The molecule has 0 unspecified atom stereocenters. The van der Waals surface area contributed by atoms with Gasteiger partial charge in [0.15, 0.2) is 11.5 Å². The molecule has 2 heterocycles. The second-order valence-electron chi connectivity index (χ2n) is 6.11. The number of nitrogens with one attached hydrogen (secondary N) is 2. The average molecular weight is 361 g/mol. The van der Waals surface area contributed by atoms with E-state index < -0.39 is 0 Å². The minimum Gasteiger partial charge on any atom is -0.454 e. The lowest BCUT2D eigenvalue weighted by Crippen LogP contribution is -2.14. The summed E-state index contributed by atoms with van der Waals surface area (Å²) in [6.07, 6.45) is 2.53. The van der Waals surface area contributed by atoms with E-state index in [0.717, 1.165) is 18.7 Å². The lowest BCUT2D eigenvalue weighted by atomic mass is 10.1. The molecule has 3 aromatic rings. The Morgan fingerprint density at radius 2 is 1.81 bits per heavy atom. The van der Waals surface area contributed by atoms with Crippen molar-refractivity contribution < 1.29 is 14.3 Å². The maximum atomic E-state index is 12.5. The van der Waals surface area contributed by atoms with E-state index in [1.54, 1.807) is 30.5 Å². The van der Waals surface area contributed by atoms with Crippen molar-refractivity contribution in [1.29, 1.82) is 0 Å². The van der Waals surface area contributed by atoms with E-state index in [1.807, 2.05) is 24.3 Å². The lowest BCUT2D eigenvalue weighted by molar-refractivity contribution is 0.102. The van der Waals surface area contributed by atoms with Gasteiger partial charge in [-0.25, -0.2) is 0 Å². The van der Waals surface area contributed by atoms with Crippen molar-refractivity contribution in [2.24, 2.45) is 0 Å². The number of benzene rings is 2. The fourth-order valence-corrected chi connectivity index (χ4v) is 2.83. The minimum absolute atomic E-state index is 0.199. The molecule has 1 aliphatic rings. The highest BCUT2D eigenvalue weighted by molar-refractivity contribution is 6.03. The summed E-state index contributed by atoms with van der Waals surface area (Å²) in [6.45, 7) is 0.974. The number of ether oxygens (including phenoxy) is 2. The molecular formula is C21H19N3O3. The first kappa shape index (κ1) is 16.9. The molecule has 0 saturated heterocycles. The Hall–Kier alpha value is -3.54. The number of nitrogens with zero attached hydrogens (tertiary/aromatic N) is 1. The number of carbonyl (C=O) groups is 1. The summed E-state index contributed by atoms with van der Waals surface area (Å²) in [5.74, 6) is 1.02. The zero-order chi connectivity index (χ0) is 18.5. The molecule has 0 saturated carbocycles. The summed E-state index contributed by atoms with van der Waals surface area (Å²) in [5.41, 5.74) is 3.10. The van der Waals surface area contributed by atoms with E-state index in [1.165, 1.54) is 5.56 Å². The highest BCUT2D eigenvalue weighted by Crippen LogP contribution is 2.34. The van der Waals surface area contributed by atoms with Crippen molar-refractivity contribution in [2.45, 2.75) is 6.42 Å². The molecule has 1 amide bonds. The van der Waals surface area contributed by atoms with E-state index in [-0.39, 0.29) is 12.7 Å². The molecule has 2 N–H and O–H groups in total. The normalized spacial score (nSPS) is 11.9. The third-order valence-electron chi connectivity index (χ3n) is 4.21. The van der Waals surface area contributed by atoms with E-state index >= 15 is 0 Å². The predicted molar refractivity (Wildman–Crippen MR) is 103 cm³/mol. The number of hydrogen-bond acceptors (Lipinski definition) is 5. The molecule has 1 aromatic heterocycles. The number of pyridine rings is 1. The highest BCUT2D eigenvalue weighted by Gasteiger charge is 2.15. The summed E-state index contributed by atoms with van der Waals surface area (Å²) in [4.78, 5) is 16.7. The van der Waals surface area contributed by atoms with Crippen LogP contribution in [0, 0.1) is 0 Å². The van der Waals surface area contributed by atoms with Crippen molar-refractivity contribution in [2.75, 3.05) is 24.0 Å². The van der Waals surface area contributed by atoms with Gasteiger partial charge < -0.3 is 20.1 Å². The number of fused-ring (bicyclic) bond motifs is 1. The standard InChI is InChI=1S/C21H19N3O3/c25-21(24-17-6-7-19-20(13-17)27-14-26-19)18-12-16(9-11-23-18)22-10-8-15-4-2-1-3-5-15/h1-7,9,11-13H,8,10,14H2,(H,22,23)(H,24,25). The van der Waals surface area contributed by atoms with Crippen LogP contribution >= 0.6 is 0 Å². The van der Waals surface area contributed by atoms with Gasteiger partial charge in [-0.15, -0.1) is 0 Å². The van der Waals surface area contributed by atoms with Gasteiger partial charge in [-0.05, 0) is 36.2 Å². The maximum absolute atomic E-state index is 12.5. The van der Waals surface area contributed by atoms with E-state index in [9.17, 15) is 4.79 Å². The molecule has 6 nitrogen and oxygen atoms in total. The third kappa shape index (κ3) is 4.17. The van der Waals surface area contributed by atoms with Crippen LogP contribution in [0.3, 0.4) is 0 Å². The average Bonchev–Trinajstić information content (AvgIpc) is 3.17. The highest BCUT2D eigenvalue weighted by atomic mass is 16.7. The van der Waals surface area contributed by atoms with Crippen LogP contribution in [-0.2, 0) is 6.42 Å². The largest absolute Gasteiger partial charge is 0.454 e. The van der Waals surface area contributed by atoms with Crippen LogP contribution in [0.4, 0.5) is 11.4 Å². The molecule has 0 atom stereocenters. The number of carbonyl (C=O) groups excluding carboxylic acids is 1. The quantitative estimate of drug-likeness (QED) is 0.700. The molecule has 27 heavy (non-hydrogen) atoms. The fourth-order valence-electron chi connectivity index (χ4n) is 2.83. The topological polar surface area (TPSA) is 72.5 Å². The SMILES string of the molecule is O=C(Nc1ccc2c(c1)OCO2)c1cc(NCCc2ccccc2)ccn1. The van der Waals surface area contributed by atoms with Crippen molar-refractivity contribution in [3.05, 3.63) is 78.1 Å². The van der Waals surface area contributed by atoms with Gasteiger partial charge in [0.25, 0.3) is 5.91 Å². The lowest BCUT2D eigenvalue weighted by Gasteiger charge is -2.09. The molecule has 136 valence electrons. The van der Waals surface area contributed by atoms with Crippen molar-refractivity contribution in [3.63, 3.8) is 0 Å². The zero-order valence-electron chi connectivity index (χ0n) is 14.6. The molecule has 0 radical (unpaired) electrons. The Labute approximate surface area is 157 Å². The number of anilines is 2. The van der Waals surface area contributed by atoms with E-state index in [2.05, 4.69) is 27.8 Å². The number of rotatable bonds is 6. The molecular weight excluding hydrogens is 342 g/mol. The van der Waals surface area contributed by atoms with Gasteiger partial charge in [-0.2, -0.15) is 0 Å².